The molecule has 0 unspecified atom stereocenters. The summed E-state index contributed by atoms with van der Waals surface area (Å²) in [4.78, 5) is 29.7. The molecule has 2 aromatic heterocycles. The molecule has 7 nitrogen and oxygen atoms in total. The van der Waals surface area contributed by atoms with E-state index >= 15 is 0 Å². The van der Waals surface area contributed by atoms with Crippen LogP contribution in [-0.4, -0.2) is 30.4 Å². The molecule has 0 saturated carbocycles. The second-order valence-corrected chi connectivity index (χ2v) is 5.79. The maximum Gasteiger partial charge on any atom is 0.332 e. The summed E-state index contributed by atoms with van der Waals surface area (Å²) in [6.07, 6.45) is 5.68. The predicted molar refractivity (Wildman–Crippen MR) is 89.8 cm³/mol. The van der Waals surface area contributed by atoms with Gasteiger partial charge in [0.2, 0.25) is 0 Å². The van der Waals surface area contributed by atoms with Gasteiger partial charge in [-0.2, -0.15) is 0 Å². The van der Waals surface area contributed by atoms with Crippen LogP contribution in [0, 0.1) is 0 Å². The van der Waals surface area contributed by atoms with Gasteiger partial charge < -0.3 is 9.67 Å². The van der Waals surface area contributed by atoms with Crippen LogP contribution in [0.25, 0.3) is 11.2 Å². The fourth-order valence-corrected chi connectivity index (χ4v) is 2.68. The molecule has 0 aliphatic heterocycles. The van der Waals surface area contributed by atoms with Crippen LogP contribution >= 0.6 is 0 Å². The van der Waals surface area contributed by atoms with E-state index in [-0.39, 0.29) is 17.9 Å². The zero-order valence-corrected chi connectivity index (χ0v) is 14.0. The lowest BCUT2D eigenvalue weighted by Gasteiger charge is -2.12. The molecule has 2 aromatic rings. The molecule has 23 heavy (non-hydrogen) atoms. The van der Waals surface area contributed by atoms with E-state index in [1.807, 2.05) is 6.92 Å². The molecule has 2 rings (SSSR count). The lowest BCUT2D eigenvalue weighted by molar-refractivity contribution is 0.280. The molecule has 1 N–H and O–H groups in total. The van der Waals surface area contributed by atoms with Crippen LogP contribution in [0.2, 0.25) is 0 Å². The van der Waals surface area contributed by atoms with Gasteiger partial charge in [-0.3, -0.25) is 13.9 Å². The molecule has 0 radical (unpaired) electrons. The summed E-state index contributed by atoms with van der Waals surface area (Å²) in [7, 11) is 0. The van der Waals surface area contributed by atoms with E-state index in [4.69, 9.17) is 5.11 Å². The summed E-state index contributed by atoms with van der Waals surface area (Å²) in [6, 6.07) is 0. The molecule has 0 aliphatic rings. The number of nitrogens with zero attached hydrogens (tertiary/aromatic N) is 4. The third-order valence-electron chi connectivity index (χ3n) is 4.01. The molecule has 0 aliphatic carbocycles. The average Bonchev–Trinajstić information content (AvgIpc) is 2.96. The van der Waals surface area contributed by atoms with Crippen molar-refractivity contribution in [1.82, 2.24) is 18.7 Å². The van der Waals surface area contributed by atoms with Gasteiger partial charge in [-0.05, 0) is 19.3 Å². The normalized spacial score (nSPS) is 11.4. The van der Waals surface area contributed by atoms with Crippen molar-refractivity contribution in [2.75, 3.05) is 6.61 Å². The van der Waals surface area contributed by atoms with Crippen LogP contribution in [-0.2, 0) is 19.6 Å². The van der Waals surface area contributed by atoms with Crippen LogP contribution < -0.4 is 11.2 Å². The highest BCUT2D eigenvalue weighted by Gasteiger charge is 2.17. The van der Waals surface area contributed by atoms with Gasteiger partial charge in [-0.1, -0.05) is 26.7 Å². The Morgan fingerprint density at radius 1 is 1.00 bits per heavy atom. The van der Waals surface area contributed by atoms with Crippen molar-refractivity contribution < 1.29 is 5.11 Å². The lowest BCUT2D eigenvalue weighted by Crippen LogP contribution is -2.40. The molecule has 128 valence electrons. The van der Waals surface area contributed by atoms with Crippen LogP contribution in [0.5, 0.6) is 0 Å². The topological polar surface area (TPSA) is 82.0 Å². The fraction of sp³-hybridized carbons (Fsp3) is 0.688. The number of fused-ring (bicyclic) bond motifs is 1. The maximum absolute atomic E-state index is 12.8. The maximum atomic E-state index is 12.8. The van der Waals surface area contributed by atoms with Crippen molar-refractivity contribution in [1.29, 1.82) is 0 Å². The number of rotatable bonds is 9. The molecule has 0 spiro atoms. The molecule has 0 fully saturated rings. The number of hydrogen-bond acceptors (Lipinski definition) is 4. The number of hydrogen-bond donors (Lipinski definition) is 1. The Bertz CT molecular complexity index is 757. The van der Waals surface area contributed by atoms with Crippen molar-refractivity contribution in [3.05, 3.63) is 27.2 Å². The van der Waals surface area contributed by atoms with Crippen molar-refractivity contribution in [2.24, 2.45) is 0 Å². The highest BCUT2D eigenvalue weighted by molar-refractivity contribution is 5.70. The highest BCUT2D eigenvalue weighted by atomic mass is 16.3. The fourth-order valence-electron chi connectivity index (χ4n) is 2.68. The molecule has 0 atom stereocenters. The van der Waals surface area contributed by atoms with E-state index in [9.17, 15) is 9.59 Å². The Labute approximate surface area is 135 Å². The summed E-state index contributed by atoms with van der Waals surface area (Å²) in [5, 5.41) is 9.02. The second kappa shape index (κ2) is 8.10. The number of aliphatic hydroxyl groups is 1. The monoisotopic (exact) mass is 322 g/mol. The highest BCUT2D eigenvalue weighted by Crippen LogP contribution is 2.09. The first-order chi connectivity index (χ1) is 11.2. The lowest BCUT2D eigenvalue weighted by atomic mass is 10.3. The number of aromatic nitrogens is 4. The van der Waals surface area contributed by atoms with Gasteiger partial charge in [0.05, 0.1) is 6.33 Å². The summed E-state index contributed by atoms with van der Waals surface area (Å²) in [5.41, 5.74) is 0.378. The number of aliphatic hydroxyl groups excluding tert-OH is 1. The van der Waals surface area contributed by atoms with E-state index in [0.717, 1.165) is 25.7 Å². The van der Waals surface area contributed by atoms with Gasteiger partial charge in [0.15, 0.2) is 11.2 Å². The van der Waals surface area contributed by atoms with Crippen molar-refractivity contribution in [2.45, 2.75) is 65.6 Å². The van der Waals surface area contributed by atoms with E-state index in [0.29, 0.717) is 37.2 Å². The summed E-state index contributed by atoms with van der Waals surface area (Å²) in [5.74, 6) is 0. The standard InChI is InChI=1S/C16H26N4O3/c1-3-5-9-19-14-13(18(12-17-14)8-7-11-21)15(22)20(16(19)23)10-6-4-2/h12,21H,3-11H2,1-2H3. The molecule has 7 heteroatoms. The molecule has 0 bridgehead atoms. The summed E-state index contributed by atoms with van der Waals surface area (Å²) in [6.45, 7) is 5.66. The Kier molecular flexibility index (Phi) is 6.15. The molecular weight excluding hydrogens is 296 g/mol. The Hall–Kier alpha value is -1.89. The second-order valence-electron chi connectivity index (χ2n) is 5.79. The quantitative estimate of drug-likeness (QED) is 0.755. The van der Waals surface area contributed by atoms with Gasteiger partial charge in [0.25, 0.3) is 5.56 Å². The van der Waals surface area contributed by atoms with E-state index in [2.05, 4.69) is 11.9 Å². The van der Waals surface area contributed by atoms with Crippen LogP contribution in [0.4, 0.5) is 0 Å². The van der Waals surface area contributed by atoms with Gasteiger partial charge in [-0.25, -0.2) is 9.78 Å². The van der Waals surface area contributed by atoms with Crippen molar-refractivity contribution in [3.8, 4) is 0 Å². The first-order valence-electron chi connectivity index (χ1n) is 8.45. The molecule has 0 saturated heterocycles. The zero-order valence-electron chi connectivity index (χ0n) is 14.0. The minimum absolute atomic E-state index is 0.0547. The average molecular weight is 322 g/mol. The van der Waals surface area contributed by atoms with Gasteiger partial charge in [0.1, 0.15) is 0 Å². The predicted octanol–water partition coefficient (Wildman–Crippen LogP) is 1.34. The van der Waals surface area contributed by atoms with Crippen molar-refractivity contribution >= 4 is 11.2 Å². The van der Waals surface area contributed by atoms with Gasteiger partial charge >= 0.3 is 5.69 Å². The Balaban J connectivity index is 2.64. The van der Waals surface area contributed by atoms with E-state index < -0.39 is 0 Å². The third-order valence-corrected chi connectivity index (χ3v) is 4.01. The smallest absolute Gasteiger partial charge is 0.332 e. The number of aryl methyl sites for hydroxylation is 2. The molecule has 0 aromatic carbocycles. The van der Waals surface area contributed by atoms with Crippen LogP contribution in [0.3, 0.4) is 0 Å². The van der Waals surface area contributed by atoms with Crippen molar-refractivity contribution in [3.63, 3.8) is 0 Å². The Morgan fingerprint density at radius 3 is 2.26 bits per heavy atom. The minimum atomic E-state index is -0.276. The largest absolute Gasteiger partial charge is 0.396 e. The van der Waals surface area contributed by atoms with Gasteiger partial charge in [0, 0.05) is 26.2 Å². The molecule has 0 amide bonds. The SMILES string of the molecule is CCCCn1c(=O)c2c(ncn2CCCO)n(CCCC)c1=O. The van der Waals surface area contributed by atoms with Gasteiger partial charge in [-0.15, -0.1) is 0 Å². The Morgan fingerprint density at radius 2 is 1.65 bits per heavy atom. The molecule has 2 heterocycles. The number of unbranched alkanes of at least 4 members (excludes halogenated alkanes) is 2. The molecular formula is C16H26N4O3. The first kappa shape index (κ1) is 17.5. The summed E-state index contributed by atoms with van der Waals surface area (Å²) < 4.78 is 4.70. The minimum Gasteiger partial charge on any atom is -0.396 e. The zero-order chi connectivity index (χ0) is 16.8. The van der Waals surface area contributed by atoms with Crippen LogP contribution in [0.1, 0.15) is 46.0 Å². The third kappa shape index (κ3) is 3.55. The summed E-state index contributed by atoms with van der Waals surface area (Å²) >= 11 is 0. The number of imidazole rings is 1. The first-order valence-corrected chi connectivity index (χ1v) is 8.45. The van der Waals surface area contributed by atoms with E-state index in [1.54, 1.807) is 15.5 Å². The van der Waals surface area contributed by atoms with E-state index in [1.165, 1.54) is 4.57 Å². The van der Waals surface area contributed by atoms with Crippen LogP contribution in [0.15, 0.2) is 15.9 Å².